The largest absolute Gasteiger partial charge is 1.00 e. The molecule has 0 aliphatic carbocycles. The molecule has 3 rings (SSSR count). The van der Waals surface area contributed by atoms with E-state index >= 15 is 0 Å². The summed E-state index contributed by atoms with van der Waals surface area (Å²) in [4.78, 5) is 2.34. The van der Waals surface area contributed by atoms with E-state index in [0.717, 1.165) is 11.2 Å². The van der Waals surface area contributed by atoms with Gasteiger partial charge in [-0.1, -0.05) is 24.3 Å². The molecule has 90 valence electrons. The molecule has 2 nitrogen and oxygen atoms in total. The summed E-state index contributed by atoms with van der Waals surface area (Å²) in [6, 6.07) is 13.2. The molecular weight excluding hydrogens is 323 g/mol. The lowest BCUT2D eigenvalue weighted by molar-refractivity contribution is -0.00000340. The van der Waals surface area contributed by atoms with Gasteiger partial charge in [0, 0.05) is 7.05 Å². The first kappa shape index (κ1) is 12.6. The monoisotopic (exact) mass is 340 g/mol. The second kappa shape index (κ2) is 4.14. The van der Waals surface area contributed by atoms with E-state index in [4.69, 9.17) is 0 Å². The standard InChI is InChI=1S/C14H17N2.HI/c1-15-10-16(2,3)13-9-5-7-11-6-4-8-12(15)14(11)13;/h4-9H,10H2,1-3H3;1H/q+1;/p-1. The third-order valence-electron chi connectivity index (χ3n) is 3.49. The van der Waals surface area contributed by atoms with Gasteiger partial charge in [0.25, 0.3) is 0 Å². The number of anilines is 1. The summed E-state index contributed by atoms with van der Waals surface area (Å²) in [5, 5.41) is 2.75. The Bertz CT molecular complexity index is 558. The fraction of sp³-hybridized carbons (Fsp3) is 0.286. The van der Waals surface area contributed by atoms with Crippen molar-refractivity contribution in [1.29, 1.82) is 0 Å². The molecule has 0 aromatic heterocycles. The highest BCUT2D eigenvalue weighted by atomic mass is 127. The quantitative estimate of drug-likeness (QED) is 0.475. The molecule has 1 aliphatic heterocycles. The number of hydrogen-bond acceptors (Lipinski definition) is 1. The molecule has 3 heteroatoms. The molecule has 0 saturated carbocycles. The SMILES string of the molecule is CN1C[N+](C)(C)c2cccc3cccc1c23.[I-]. The summed E-state index contributed by atoms with van der Waals surface area (Å²) in [6.45, 7) is 1.02. The van der Waals surface area contributed by atoms with E-state index in [9.17, 15) is 0 Å². The Morgan fingerprint density at radius 3 is 2.41 bits per heavy atom. The van der Waals surface area contributed by atoms with Crippen LogP contribution in [0.25, 0.3) is 10.8 Å². The van der Waals surface area contributed by atoms with Gasteiger partial charge in [-0.25, -0.2) is 0 Å². The maximum absolute atomic E-state index is 2.34. The van der Waals surface area contributed by atoms with Crippen LogP contribution >= 0.6 is 0 Å². The summed E-state index contributed by atoms with van der Waals surface area (Å²) in [5.41, 5.74) is 2.77. The maximum Gasteiger partial charge on any atom is 0.158 e. The second-order valence-electron chi connectivity index (χ2n) is 5.18. The van der Waals surface area contributed by atoms with E-state index < -0.39 is 0 Å². The third kappa shape index (κ3) is 1.81. The molecule has 1 aliphatic rings. The van der Waals surface area contributed by atoms with Crippen molar-refractivity contribution in [3.63, 3.8) is 0 Å². The molecule has 0 bridgehead atoms. The van der Waals surface area contributed by atoms with Crippen LogP contribution in [-0.4, -0.2) is 27.8 Å². The Labute approximate surface area is 119 Å². The van der Waals surface area contributed by atoms with Gasteiger partial charge in [-0.15, -0.1) is 0 Å². The average molecular weight is 340 g/mol. The van der Waals surface area contributed by atoms with Crippen LogP contribution in [0.1, 0.15) is 0 Å². The van der Waals surface area contributed by atoms with Crippen molar-refractivity contribution in [2.75, 3.05) is 32.7 Å². The van der Waals surface area contributed by atoms with Gasteiger partial charge in [0.1, 0.15) is 5.69 Å². The molecule has 0 N–H and O–H groups in total. The van der Waals surface area contributed by atoms with Crippen LogP contribution in [0.3, 0.4) is 0 Å². The van der Waals surface area contributed by atoms with Crippen molar-refractivity contribution in [1.82, 2.24) is 4.48 Å². The summed E-state index contributed by atoms with van der Waals surface area (Å²) < 4.78 is 0.921. The Kier molecular flexibility index (Phi) is 3.08. The summed E-state index contributed by atoms with van der Waals surface area (Å²) in [7, 11) is 6.70. The number of hydrogen-bond donors (Lipinski definition) is 0. The van der Waals surface area contributed by atoms with Crippen LogP contribution in [0.4, 0.5) is 11.4 Å². The van der Waals surface area contributed by atoms with E-state index in [2.05, 4.69) is 62.4 Å². The van der Waals surface area contributed by atoms with Crippen molar-refractivity contribution in [2.45, 2.75) is 0 Å². The molecule has 0 unspecified atom stereocenters. The number of benzene rings is 2. The number of nitrogens with zero attached hydrogens (tertiary/aromatic N) is 2. The molecule has 0 amide bonds. The smallest absolute Gasteiger partial charge is 0.158 e. The van der Waals surface area contributed by atoms with Crippen molar-refractivity contribution >= 4 is 22.1 Å². The minimum atomic E-state index is 0. The fourth-order valence-corrected chi connectivity index (χ4v) is 2.81. The van der Waals surface area contributed by atoms with E-state index in [1.807, 2.05) is 0 Å². The fourth-order valence-electron chi connectivity index (χ4n) is 2.81. The minimum absolute atomic E-state index is 0. The van der Waals surface area contributed by atoms with Crippen LogP contribution in [0.2, 0.25) is 0 Å². The van der Waals surface area contributed by atoms with Gasteiger partial charge in [-0.2, -0.15) is 0 Å². The number of quaternary nitrogens is 1. The lowest BCUT2D eigenvalue weighted by Gasteiger charge is -2.39. The van der Waals surface area contributed by atoms with E-state index in [-0.39, 0.29) is 24.0 Å². The normalized spacial score (nSPS) is 16.8. The van der Waals surface area contributed by atoms with Crippen LogP contribution in [0.5, 0.6) is 0 Å². The predicted molar refractivity (Wildman–Crippen MR) is 70.9 cm³/mol. The zero-order chi connectivity index (χ0) is 11.3. The molecule has 1 heterocycles. The van der Waals surface area contributed by atoms with Crippen molar-refractivity contribution in [3.8, 4) is 0 Å². The summed E-state index contributed by atoms with van der Waals surface area (Å²) >= 11 is 0. The first-order chi connectivity index (χ1) is 7.59. The molecule has 2 aromatic carbocycles. The van der Waals surface area contributed by atoms with E-state index in [1.165, 1.54) is 22.1 Å². The van der Waals surface area contributed by atoms with Crippen LogP contribution in [0.15, 0.2) is 36.4 Å². The van der Waals surface area contributed by atoms with E-state index in [1.54, 1.807) is 0 Å². The molecule has 17 heavy (non-hydrogen) atoms. The second-order valence-corrected chi connectivity index (χ2v) is 5.18. The molecule has 0 fully saturated rings. The van der Waals surface area contributed by atoms with Gasteiger partial charge in [0.05, 0.1) is 25.2 Å². The summed E-state index contributed by atoms with van der Waals surface area (Å²) in [5.74, 6) is 0. The molecule has 2 aromatic rings. The highest BCUT2D eigenvalue weighted by Gasteiger charge is 2.30. The van der Waals surface area contributed by atoms with Gasteiger partial charge in [-0.3, -0.25) is 4.48 Å². The Balaban J connectivity index is 0.00000108. The zero-order valence-corrected chi connectivity index (χ0v) is 12.6. The molecule has 0 radical (unpaired) electrons. The van der Waals surface area contributed by atoms with Crippen molar-refractivity contribution in [3.05, 3.63) is 36.4 Å². The van der Waals surface area contributed by atoms with Crippen LogP contribution in [0, 0.1) is 0 Å². The Morgan fingerprint density at radius 2 is 1.71 bits per heavy atom. The van der Waals surface area contributed by atoms with Gasteiger partial charge in [0.2, 0.25) is 0 Å². The maximum atomic E-state index is 2.34. The summed E-state index contributed by atoms with van der Waals surface area (Å²) in [6.07, 6.45) is 0. The topological polar surface area (TPSA) is 3.24 Å². The number of halogens is 1. The first-order valence-corrected chi connectivity index (χ1v) is 5.66. The molecule has 0 saturated heterocycles. The third-order valence-corrected chi connectivity index (χ3v) is 3.49. The first-order valence-electron chi connectivity index (χ1n) is 5.66. The van der Waals surface area contributed by atoms with Gasteiger partial charge in [0.15, 0.2) is 6.67 Å². The number of rotatable bonds is 0. The van der Waals surface area contributed by atoms with Gasteiger partial charge < -0.3 is 28.9 Å². The van der Waals surface area contributed by atoms with Crippen molar-refractivity contribution in [2.24, 2.45) is 0 Å². The van der Waals surface area contributed by atoms with E-state index in [0.29, 0.717) is 0 Å². The minimum Gasteiger partial charge on any atom is -1.00 e. The van der Waals surface area contributed by atoms with Crippen LogP contribution < -0.4 is 33.4 Å². The Morgan fingerprint density at radius 1 is 1.06 bits per heavy atom. The highest BCUT2D eigenvalue weighted by Crippen LogP contribution is 2.40. The van der Waals surface area contributed by atoms with Crippen LogP contribution in [-0.2, 0) is 0 Å². The lowest BCUT2D eigenvalue weighted by atomic mass is 10.0. The van der Waals surface area contributed by atoms with Gasteiger partial charge >= 0.3 is 0 Å². The molecule has 0 spiro atoms. The average Bonchev–Trinajstić information content (AvgIpc) is 2.25. The van der Waals surface area contributed by atoms with Crippen molar-refractivity contribution < 1.29 is 24.0 Å². The highest BCUT2D eigenvalue weighted by molar-refractivity contribution is 6.04. The predicted octanol–water partition coefficient (Wildman–Crippen LogP) is -0.182. The molecular formula is C14H17IN2. The Hall–Kier alpha value is -0.810. The van der Waals surface area contributed by atoms with Gasteiger partial charge in [-0.05, 0) is 17.5 Å². The molecule has 0 atom stereocenters. The lowest BCUT2D eigenvalue weighted by Crippen LogP contribution is -3.00. The zero-order valence-electron chi connectivity index (χ0n) is 10.4.